The van der Waals surface area contributed by atoms with Gasteiger partial charge in [-0.2, -0.15) is 0 Å². The van der Waals surface area contributed by atoms with Crippen LogP contribution < -0.4 is 10.1 Å². The molecule has 1 atom stereocenters. The molecule has 172 valence electrons. The Morgan fingerprint density at radius 2 is 1.88 bits per heavy atom. The summed E-state index contributed by atoms with van der Waals surface area (Å²) in [5.41, 5.74) is 1.28. The second kappa shape index (κ2) is 9.06. The van der Waals surface area contributed by atoms with Crippen LogP contribution in [0.25, 0.3) is 0 Å². The fourth-order valence-electron chi connectivity index (χ4n) is 5.19. The summed E-state index contributed by atoms with van der Waals surface area (Å²) in [7, 11) is 3.53. The summed E-state index contributed by atoms with van der Waals surface area (Å²) in [4.78, 5) is 25.4. The van der Waals surface area contributed by atoms with Crippen LogP contribution in [0.4, 0.5) is 5.82 Å². The highest BCUT2D eigenvalue weighted by Gasteiger charge is 2.46. The van der Waals surface area contributed by atoms with Crippen LogP contribution in [0.15, 0.2) is 30.3 Å². The molecule has 2 fully saturated rings. The van der Waals surface area contributed by atoms with Crippen molar-refractivity contribution >= 4 is 11.7 Å². The molecule has 7 heteroatoms. The first kappa shape index (κ1) is 22.5. The SMILES string of the molecule is CNc1cc([C@@]2(C)CCCN(C(=O)C3(c4ccc(OC)cc4)CCOCC3)C2)nc(C)n1. The van der Waals surface area contributed by atoms with Gasteiger partial charge in [-0.05, 0) is 50.3 Å². The van der Waals surface area contributed by atoms with E-state index in [9.17, 15) is 4.79 Å². The van der Waals surface area contributed by atoms with Gasteiger partial charge in [0, 0.05) is 44.8 Å². The zero-order chi connectivity index (χ0) is 22.8. The van der Waals surface area contributed by atoms with Crippen molar-refractivity contribution in [2.75, 3.05) is 45.8 Å². The molecule has 7 nitrogen and oxygen atoms in total. The molecule has 2 aliphatic heterocycles. The number of amides is 1. The quantitative estimate of drug-likeness (QED) is 0.770. The molecule has 2 aliphatic rings. The minimum absolute atomic E-state index is 0.205. The molecule has 32 heavy (non-hydrogen) atoms. The summed E-state index contributed by atoms with van der Waals surface area (Å²) < 4.78 is 11.0. The molecule has 1 aromatic carbocycles. The van der Waals surface area contributed by atoms with Crippen LogP contribution in [0.1, 0.15) is 49.7 Å². The van der Waals surface area contributed by atoms with Crippen molar-refractivity contribution in [2.45, 2.75) is 50.4 Å². The highest BCUT2D eigenvalue weighted by molar-refractivity contribution is 5.88. The van der Waals surface area contributed by atoms with Crippen LogP contribution >= 0.6 is 0 Å². The lowest BCUT2D eigenvalue weighted by molar-refractivity contribution is -0.143. The molecule has 1 amide bonds. The molecule has 2 aromatic rings. The fraction of sp³-hybridized carbons (Fsp3) is 0.560. The lowest BCUT2D eigenvalue weighted by Gasteiger charge is -2.45. The first-order valence-corrected chi connectivity index (χ1v) is 11.5. The molecule has 0 aliphatic carbocycles. The Morgan fingerprint density at radius 3 is 2.53 bits per heavy atom. The van der Waals surface area contributed by atoms with Gasteiger partial charge in [0.15, 0.2) is 0 Å². The van der Waals surface area contributed by atoms with Crippen molar-refractivity contribution in [3.05, 3.63) is 47.4 Å². The number of hydrogen-bond acceptors (Lipinski definition) is 6. The normalized spacial score (nSPS) is 22.9. The van der Waals surface area contributed by atoms with E-state index in [0.717, 1.165) is 48.0 Å². The third kappa shape index (κ3) is 4.18. The van der Waals surface area contributed by atoms with Crippen LogP contribution in [-0.2, 0) is 20.4 Å². The zero-order valence-corrected chi connectivity index (χ0v) is 19.6. The van der Waals surface area contributed by atoms with E-state index in [0.29, 0.717) is 32.6 Å². The van der Waals surface area contributed by atoms with E-state index in [1.54, 1.807) is 7.11 Å². The average molecular weight is 439 g/mol. The van der Waals surface area contributed by atoms with Crippen LogP contribution in [0, 0.1) is 6.92 Å². The van der Waals surface area contributed by atoms with Gasteiger partial charge in [0.25, 0.3) is 0 Å². The number of ether oxygens (including phenoxy) is 2. The standard InChI is InChI=1S/C25H34N4O3/c1-18-27-21(16-22(26-3)28-18)24(2)10-5-13-29(17-24)23(30)25(11-14-32-15-12-25)19-6-8-20(31-4)9-7-19/h6-9,16H,5,10-15,17H2,1-4H3,(H,26,27,28)/t24-/m0/s1. The number of carbonyl (C=O) groups is 1. The van der Waals surface area contributed by atoms with Crippen molar-refractivity contribution in [1.29, 1.82) is 0 Å². The van der Waals surface area contributed by atoms with Crippen molar-refractivity contribution in [3.8, 4) is 5.75 Å². The Balaban J connectivity index is 1.65. The van der Waals surface area contributed by atoms with Crippen LogP contribution in [0.5, 0.6) is 5.75 Å². The van der Waals surface area contributed by atoms with Gasteiger partial charge >= 0.3 is 0 Å². The summed E-state index contributed by atoms with van der Waals surface area (Å²) in [6, 6.07) is 10.00. The molecule has 1 N–H and O–H groups in total. The van der Waals surface area contributed by atoms with E-state index in [2.05, 4.69) is 22.1 Å². The lowest BCUT2D eigenvalue weighted by Crippen LogP contribution is -2.55. The smallest absolute Gasteiger partial charge is 0.233 e. The lowest BCUT2D eigenvalue weighted by atomic mass is 9.71. The number of hydrogen-bond donors (Lipinski definition) is 1. The molecule has 1 aromatic heterocycles. The molecule has 0 bridgehead atoms. The second-order valence-electron chi connectivity index (χ2n) is 9.25. The molecule has 0 radical (unpaired) electrons. The number of methoxy groups -OCH3 is 1. The van der Waals surface area contributed by atoms with E-state index >= 15 is 0 Å². The van der Waals surface area contributed by atoms with Crippen molar-refractivity contribution in [1.82, 2.24) is 14.9 Å². The van der Waals surface area contributed by atoms with E-state index in [1.165, 1.54) is 0 Å². The molecular formula is C25H34N4O3. The maximum absolute atomic E-state index is 14.1. The molecule has 3 heterocycles. The molecule has 0 spiro atoms. The molecule has 0 saturated carbocycles. The Kier molecular flexibility index (Phi) is 6.38. The number of rotatable bonds is 5. The first-order valence-electron chi connectivity index (χ1n) is 11.5. The van der Waals surface area contributed by atoms with Gasteiger partial charge in [0.2, 0.25) is 5.91 Å². The highest BCUT2D eigenvalue weighted by Crippen LogP contribution is 2.40. The Bertz CT molecular complexity index is 956. The van der Waals surface area contributed by atoms with E-state index < -0.39 is 5.41 Å². The Hall–Kier alpha value is -2.67. The van der Waals surface area contributed by atoms with Crippen molar-refractivity contribution < 1.29 is 14.3 Å². The van der Waals surface area contributed by atoms with Crippen LogP contribution in [0.2, 0.25) is 0 Å². The number of aromatic nitrogens is 2. The van der Waals surface area contributed by atoms with Gasteiger partial charge < -0.3 is 19.7 Å². The molecule has 2 saturated heterocycles. The second-order valence-corrected chi connectivity index (χ2v) is 9.25. The third-order valence-corrected chi connectivity index (χ3v) is 7.09. The van der Waals surface area contributed by atoms with Gasteiger partial charge in [0.05, 0.1) is 18.2 Å². The number of carbonyl (C=O) groups excluding carboxylic acids is 1. The highest BCUT2D eigenvalue weighted by atomic mass is 16.5. The number of benzene rings is 1. The maximum atomic E-state index is 14.1. The number of likely N-dealkylation sites (tertiary alicyclic amines) is 1. The van der Waals surface area contributed by atoms with Gasteiger partial charge in [0.1, 0.15) is 17.4 Å². The monoisotopic (exact) mass is 438 g/mol. The first-order chi connectivity index (χ1) is 15.4. The summed E-state index contributed by atoms with van der Waals surface area (Å²) in [6.07, 6.45) is 3.34. The van der Waals surface area contributed by atoms with Gasteiger partial charge in [-0.15, -0.1) is 0 Å². The molecular weight excluding hydrogens is 404 g/mol. The number of nitrogens with one attached hydrogen (secondary N) is 1. The Morgan fingerprint density at radius 1 is 1.16 bits per heavy atom. The minimum atomic E-state index is -0.555. The van der Waals surface area contributed by atoms with E-state index in [-0.39, 0.29) is 11.3 Å². The van der Waals surface area contributed by atoms with Crippen LogP contribution in [-0.4, -0.2) is 61.2 Å². The topological polar surface area (TPSA) is 76.6 Å². The summed E-state index contributed by atoms with van der Waals surface area (Å²) >= 11 is 0. The van der Waals surface area contributed by atoms with E-state index in [4.69, 9.17) is 14.5 Å². The van der Waals surface area contributed by atoms with Crippen molar-refractivity contribution in [2.24, 2.45) is 0 Å². The predicted molar refractivity (Wildman–Crippen MR) is 124 cm³/mol. The number of aryl methyl sites for hydroxylation is 1. The fourth-order valence-corrected chi connectivity index (χ4v) is 5.19. The van der Waals surface area contributed by atoms with Crippen LogP contribution in [0.3, 0.4) is 0 Å². The number of piperidine rings is 1. The maximum Gasteiger partial charge on any atom is 0.233 e. The number of anilines is 1. The van der Waals surface area contributed by atoms with Crippen molar-refractivity contribution in [3.63, 3.8) is 0 Å². The van der Waals surface area contributed by atoms with Gasteiger partial charge in [-0.25, -0.2) is 9.97 Å². The Labute approximate surface area is 190 Å². The van der Waals surface area contributed by atoms with Gasteiger partial charge in [-0.3, -0.25) is 4.79 Å². The molecule has 4 rings (SSSR count). The summed E-state index contributed by atoms with van der Waals surface area (Å²) in [6.45, 7) is 6.76. The summed E-state index contributed by atoms with van der Waals surface area (Å²) in [5, 5.41) is 3.13. The number of nitrogens with zero attached hydrogens (tertiary/aromatic N) is 3. The van der Waals surface area contributed by atoms with Gasteiger partial charge in [-0.1, -0.05) is 19.1 Å². The zero-order valence-electron chi connectivity index (χ0n) is 19.6. The predicted octanol–water partition coefficient (Wildman–Crippen LogP) is 3.46. The average Bonchev–Trinajstić information content (AvgIpc) is 2.83. The molecule has 0 unspecified atom stereocenters. The minimum Gasteiger partial charge on any atom is -0.497 e. The third-order valence-electron chi connectivity index (χ3n) is 7.09. The summed E-state index contributed by atoms with van der Waals surface area (Å²) in [5.74, 6) is 2.57. The largest absolute Gasteiger partial charge is 0.497 e. The van der Waals surface area contributed by atoms with E-state index in [1.807, 2.05) is 44.3 Å².